The van der Waals surface area contributed by atoms with Gasteiger partial charge in [0.1, 0.15) is 0 Å². The van der Waals surface area contributed by atoms with Crippen molar-refractivity contribution in [3.8, 4) is 0 Å². The molecule has 0 spiro atoms. The molecule has 1 unspecified atom stereocenters. The third kappa shape index (κ3) is 2.03. The highest BCUT2D eigenvalue weighted by Gasteiger charge is 2.52. The molecule has 3 heteroatoms. The van der Waals surface area contributed by atoms with Gasteiger partial charge in [0.25, 0.3) is 0 Å². The Labute approximate surface area is 91.8 Å². The molecule has 1 amide bonds. The molecule has 15 heavy (non-hydrogen) atoms. The average Bonchev–Trinajstić information content (AvgIpc) is 2.64. The number of amides is 1. The smallest absolute Gasteiger partial charge is 0.224 e. The molecule has 0 heterocycles. The molecule has 0 radical (unpaired) electrons. The van der Waals surface area contributed by atoms with E-state index in [0.717, 1.165) is 19.3 Å². The van der Waals surface area contributed by atoms with E-state index in [2.05, 4.69) is 19.2 Å². The first-order valence-corrected chi connectivity index (χ1v) is 6.01. The maximum atomic E-state index is 12.0. The fourth-order valence-corrected chi connectivity index (χ4v) is 2.70. The molecule has 1 atom stereocenters. The topological polar surface area (TPSA) is 55.1 Å². The van der Waals surface area contributed by atoms with E-state index in [4.69, 9.17) is 5.73 Å². The predicted octanol–water partition coefficient (Wildman–Crippen LogP) is 1.42. The van der Waals surface area contributed by atoms with Gasteiger partial charge in [-0.15, -0.1) is 0 Å². The van der Waals surface area contributed by atoms with Gasteiger partial charge in [0.2, 0.25) is 5.91 Å². The van der Waals surface area contributed by atoms with Gasteiger partial charge >= 0.3 is 0 Å². The quantitative estimate of drug-likeness (QED) is 0.740. The summed E-state index contributed by atoms with van der Waals surface area (Å²) in [6.07, 6.45) is 5.54. The summed E-state index contributed by atoms with van der Waals surface area (Å²) in [4.78, 5) is 12.0. The monoisotopic (exact) mass is 210 g/mol. The van der Waals surface area contributed by atoms with E-state index in [0.29, 0.717) is 6.54 Å². The van der Waals surface area contributed by atoms with Crippen molar-refractivity contribution in [1.29, 1.82) is 0 Å². The van der Waals surface area contributed by atoms with Gasteiger partial charge in [0, 0.05) is 12.5 Å². The van der Waals surface area contributed by atoms with E-state index in [1.165, 1.54) is 12.8 Å². The van der Waals surface area contributed by atoms with Crippen LogP contribution < -0.4 is 11.1 Å². The highest BCUT2D eigenvalue weighted by atomic mass is 16.2. The second-order valence-electron chi connectivity index (χ2n) is 5.93. The number of hydrogen-bond donors (Lipinski definition) is 2. The van der Waals surface area contributed by atoms with Crippen LogP contribution in [0, 0.1) is 11.3 Å². The van der Waals surface area contributed by atoms with Gasteiger partial charge in [0.05, 0.1) is 5.54 Å². The minimum absolute atomic E-state index is 0.0737. The molecular formula is C12H22N2O. The van der Waals surface area contributed by atoms with Crippen molar-refractivity contribution in [3.63, 3.8) is 0 Å². The maximum Gasteiger partial charge on any atom is 0.224 e. The largest absolute Gasteiger partial charge is 0.349 e. The zero-order chi connectivity index (χ0) is 11.1. The minimum atomic E-state index is -0.0737. The number of nitrogens with two attached hydrogens (primary N) is 1. The van der Waals surface area contributed by atoms with Gasteiger partial charge in [-0.2, -0.15) is 0 Å². The zero-order valence-electron chi connectivity index (χ0n) is 9.81. The third-order valence-corrected chi connectivity index (χ3v) is 4.17. The molecule has 0 aromatic carbocycles. The zero-order valence-corrected chi connectivity index (χ0v) is 9.81. The second-order valence-corrected chi connectivity index (χ2v) is 5.93. The van der Waals surface area contributed by atoms with Crippen LogP contribution in [-0.4, -0.2) is 18.0 Å². The molecule has 2 aliphatic carbocycles. The first-order valence-electron chi connectivity index (χ1n) is 6.01. The Hall–Kier alpha value is -0.570. The molecule has 0 aliphatic heterocycles. The average molecular weight is 210 g/mol. The fraction of sp³-hybridized carbons (Fsp3) is 0.917. The van der Waals surface area contributed by atoms with Crippen LogP contribution in [0.25, 0.3) is 0 Å². The molecule has 2 fully saturated rings. The highest BCUT2D eigenvalue weighted by molar-refractivity contribution is 5.83. The van der Waals surface area contributed by atoms with Gasteiger partial charge in [-0.3, -0.25) is 4.79 Å². The number of rotatable bonds is 3. The van der Waals surface area contributed by atoms with Gasteiger partial charge in [-0.05, 0) is 24.7 Å². The maximum absolute atomic E-state index is 12.0. The van der Waals surface area contributed by atoms with Crippen molar-refractivity contribution < 1.29 is 4.79 Å². The normalized spacial score (nSPS) is 31.3. The van der Waals surface area contributed by atoms with Crippen LogP contribution in [0.2, 0.25) is 0 Å². The molecule has 3 nitrogen and oxygen atoms in total. The number of hydrogen-bond acceptors (Lipinski definition) is 2. The lowest BCUT2D eigenvalue weighted by atomic mass is 9.97. The molecular weight excluding hydrogens is 188 g/mol. The summed E-state index contributed by atoms with van der Waals surface area (Å²) in [5, 5.41) is 3.20. The van der Waals surface area contributed by atoms with Gasteiger partial charge in [-0.25, -0.2) is 0 Å². The summed E-state index contributed by atoms with van der Waals surface area (Å²) >= 11 is 0. The minimum Gasteiger partial charge on any atom is -0.349 e. The van der Waals surface area contributed by atoms with Crippen LogP contribution in [0.1, 0.15) is 46.0 Å². The van der Waals surface area contributed by atoms with E-state index in [1.54, 1.807) is 0 Å². The molecule has 3 N–H and O–H groups in total. The van der Waals surface area contributed by atoms with Crippen molar-refractivity contribution in [1.82, 2.24) is 5.32 Å². The summed E-state index contributed by atoms with van der Waals surface area (Å²) in [7, 11) is 0. The van der Waals surface area contributed by atoms with Gasteiger partial charge in [0.15, 0.2) is 0 Å². The molecule has 86 valence electrons. The number of carbonyl (C=O) groups excluding carboxylic acids is 1. The highest BCUT2D eigenvalue weighted by Crippen LogP contribution is 2.52. The molecule has 0 saturated heterocycles. The van der Waals surface area contributed by atoms with Crippen molar-refractivity contribution in [2.45, 2.75) is 51.5 Å². The van der Waals surface area contributed by atoms with Crippen molar-refractivity contribution >= 4 is 5.91 Å². The molecule has 0 bridgehead atoms. The Morgan fingerprint density at radius 1 is 1.40 bits per heavy atom. The summed E-state index contributed by atoms with van der Waals surface area (Å²) in [6.45, 7) is 4.90. The number of carbonyl (C=O) groups is 1. The van der Waals surface area contributed by atoms with E-state index < -0.39 is 0 Å². The predicted molar refractivity (Wildman–Crippen MR) is 60.3 cm³/mol. The van der Waals surface area contributed by atoms with E-state index in [1.807, 2.05) is 0 Å². The molecule has 0 aromatic heterocycles. The lowest BCUT2D eigenvalue weighted by Crippen LogP contribution is -2.52. The lowest BCUT2D eigenvalue weighted by molar-refractivity contribution is -0.124. The molecule has 2 rings (SSSR count). The summed E-state index contributed by atoms with van der Waals surface area (Å²) < 4.78 is 0. The molecule has 2 saturated carbocycles. The Morgan fingerprint density at radius 2 is 1.93 bits per heavy atom. The van der Waals surface area contributed by atoms with Crippen LogP contribution in [-0.2, 0) is 4.79 Å². The first-order chi connectivity index (χ1) is 6.99. The summed E-state index contributed by atoms with van der Waals surface area (Å²) in [6, 6.07) is 0. The van der Waals surface area contributed by atoms with Crippen LogP contribution >= 0.6 is 0 Å². The lowest BCUT2D eigenvalue weighted by Gasteiger charge is -2.29. The van der Waals surface area contributed by atoms with E-state index >= 15 is 0 Å². The first kappa shape index (κ1) is 10.9. The third-order valence-electron chi connectivity index (χ3n) is 4.17. The van der Waals surface area contributed by atoms with E-state index in [-0.39, 0.29) is 22.8 Å². The van der Waals surface area contributed by atoms with E-state index in [9.17, 15) is 4.79 Å². The van der Waals surface area contributed by atoms with Gasteiger partial charge in [-0.1, -0.05) is 26.7 Å². The van der Waals surface area contributed by atoms with Crippen LogP contribution in [0.4, 0.5) is 0 Å². The summed E-state index contributed by atoms with van der Waals surface area (Å²) in [5.41, 5.74) is 5.94. The SMILES string of the molecule is CC1(C)CC1C(=O)NC1(CN)CCCC1. The Morgan fingerprint density at radius 3 is 2.33 bits per heavy atom. The van der Waals surface area contributed by atoms with Crippen molar-refractivity contribution in [2.24, 2.45) is 17.1 Å². The summed E-state index contributed by atoms with van der Waals surface area (Å²) in [5.74, 6) is 0.453. The Balaban J connectivity index is 1.93. The Bertz CT molecular complexity index is 267. The molecule has 0 aromatic rings. The Kier molecular flexibility index (Phi) is 2.53. The van der Waals surface area contributed by atoms with Crippen LogP contribution in [0.5, 0.6) is 0 Å². The van der Waals surface area contributed by atoms with Crippen molar-refractivity contribution in [2.75, 3.05) is 6.54 Å². The number of nitrogens with one attached hydrogen (secondary N) is 1. The van der Waals surface area contributed by atoms with Crippen molar-refractivity contribution in [3.05, 3.63) is 0 Å². The fourth-order valence-electron chi connectivity index (χ4n) is 2.70. The van der Waals surface area contributed by atoms with Crippen LogP contribution in [0.3, 0.4) is 0 Å². The van der Waals surface area contributed by atoms with Gasteiger partial charge < -0.3 is 11.1 Å². The van der Waals surface area contributed by atoms with Crippen LogP contribution in [0.15, 0.2) is 0 Å². The molecule has 2 aliphatic rings. The second kappa shape index (κ2) is 3.48. The standard InChI is InChI=1S/C12H22N2O/c1-11(2)7-9(11)10(15)14-12(8-13)5-3-4-6-12/h9H,3-8,13H2,1-2H3,(H,14,15).